The lowest BCUT2D eigenvalue weighted by Gasteiger charge is -2.19. The van der Waals surface area contributed by atoms with Gasteiger partial charge in [-0.15, -0.1) is 0 Å². The van der Waals surface area contributed by atoms with Crippen LogP contribution in [0, 0.1) is 0 Å². The summed E-state index contributed by atoms with van der Waals surface area (Å²) in [6.07, 6.45) is 3.54. The second kappa shape index (κ2) is 2.08. The molecule has 0 aliphatic carbocycles. The maximum atomic E-state index is 4.04. The summed E-state index contributed by atoms with van der Waals surface area (Å²) in [6.45, 7) is 4.17. The first-order valence-electron chi connectivity index (χ1n) is 3.62. The largest absolute Gasteiger partial charge is 0.348 e. The molecule has 1 N–H and O–H groups in total. The van der Waals surface area contributed by atoms with E-state index >= 15 is 0 Å². The van der Waals surface area contributed by atoms with Crippen LogP contribution < -0.4 is 5.32 Å². The van der Waals surface area contributed by atoms with E-state index in [1.165, 1.54) is 5.57 Å². The minimum absolute atomic E-state index is 0.367. The molecular weight excluding hydrogens is 140 g/mol. The zero-order valence-corrected chi connectivity index (χ0v) is 6.57. The molecular formula is C7H10N4. The van der Waals surface area contributed by atoms with Crippen molar-refractivity contribution in [1.82, 2.24) is 14.8 Å². The highest BCUT2D eigenvalue weighted by atomic mass is 15.4. The third-order valence-electron chi connectivity index (χ3n) is 1.93. The van der Waals surface area contributed by atoms with Crippen LogP contribution in [0.3, 0.4) is 0 Å². The van der Waals surface area contributed by atoms with E-state index < -0.39 is 0 Å². The molecule has 0 bridgehead atoms. The van der Waals surface area contributed by atoms with Crippen LogP contribution in [0.25, 0.3) is 6.20 Å². The molecule has 0 spiro atoms. The van der Waals surface area contributed by atoms with Gasteiger partial charge in [0, 0.05) is 12.2 Å². The number of hydrogen-bond acceptors (Lipinski definition) is 3. The molecule has 0 saturated carbocycles. The fraction of sp³-hybridized carbons (Fsp3) is 0.429. The molecule has 1 aromatic heterocycles. The molecule has 1 aliphatic rings. The van der Waals surface area contributed by atoms with Crippen LogP contribution in [0.15, 0.2) is 11.9 Å². The van der Waals surface area contributed by atoms with Crippen molar-refractivity contribution < 1.29 is 0 Å². The van der Waals surface area contributed by atoms with Crippen molar-refractivity contribution in [3.8, 4) is 0 Å². The summed E-state index contributed by atoms with van der Waals surface area (Å²) in [6, 6.07) is 0.367. The van der Waals surface area contributed by atoms with Crippen molar-refractivity contribution >= 4 is 12.1 Å². The second-order valence-corrected chi connectivity index (χ2v) is 2.77. The summed E-state index contributed by atoms with van der Waals surface area (Å²) in [5, 5.41) is 7.22. The van der Waals surface area contributed by atoms with E-state index in [4.69, 9.17) is 0 Å². The average molecular weight is 150 g/mol. The zero-order valence-electron chi connectivity index (χ0n) is 6.57. The lowest BCUT2D eigenvalue weighted by molar-refractivity contribution is 0.820. The number of aromatic nitrogens is 3. The minimum atomic E-state index is 0.367. The minimum Gasteiger partial charge on any atom is -0.348 e. The first-order valence-corrected chi connectivity index (χ1v) is 3.62. The summed E-state index contributed by atoms with van der Waals surface area (Å²) >= 11 is 0. The number of nitrogens with one attached hydrogen (secondary N) is 1. The smallest absolute Gasteiger partial charge is 0.225 e. The molecule has 1 unspecified atom stereocenters. The number of rotatable bonds is 0. The molecule has 0 amide bonds. The molecule has 0 saturated heterocycles. The summed E-state index contributed by atoms with van der Waals surface area (Å²) < 4.78 is 1.75. The standard InChI is InChI=1S/C7H10N4/c1-5-3-11-7(8-4-9-11)10-6(5)2/h3-4,6H,1-2H3,(H,8,9,10). The van der Waals surface area contributed by atoms with E-state index in [1.807, 2.05) is 6.20 Å². The van der Waals surface area contributed by atoms with E-state index in [-0.39, 0.29) is 0 Å². The van der Waals surface area contributed by atoms with Gasteiger partial charge in [-0.1, -0.05) is 0 Å². The first kappa shape index (κ1) is 6.39. The van der Waals surface area contributed by atoms with Gasteiger partial charge in [-0.05, 0) is 19.4 Å². The van der Waals surface area contributed by atoms with Crippen molar-refractivity contribution in [2.45, 2.75) is 19.9 Å². The Labute approximate surface area is 64.9 Å². The van der Waals surface area contributed by atoms with Crippen LogP contribution >= 0.6 is 0 Å². The number of hydrogen-bond donors (Lipinski definition) is 1. The topological polar surface area (TPSA) is 42.7 Å². The molecule has 1 aliphatic heterocycles. The van der Waals surface area contributed by atoms with Gasteiger partial charge >= 0.3 is 0 Å². The van der Waals surface area contributed by atoms with Crippen molar-refractivity contribution in [2.24, 2.45) is 0 Å². The Morgan fingerprint density at radius 3 is 3.27 bits per heavy atom. The van der Waals surface area contributed by atoms with E-state index in [2.05, 4.69) is 29.2 Å². The van der Waals surface area contributed by atoms with Crippen molar-refractivity contribution in [2.75, 3.05) is 5.32 Å². The van der Waals surface area contributed by atoms with Crippen molar-refractivity contribution in [3.63, 3.8) is 0 Å². The lowest BCUT2D eigenvalue weighted by atomic mass is 10.1. The van der Waals surface area contributed by atoms with Gasteiger partial charge in [-0.3, -0.25) is 0 Å². The third-order valence-corrected chi connectivity index (χ3v) is 1.93. The second-order valence-electron chi connectivity index (χ2n) is 2.77. The zero-order chi connectivity index (χ0) is 7.84. The highest BCUT2D eigenvalue weighted by Gasteiger charge is 2.13. The Balaban J connectivity index is 2.47. The summed E-state index contributed by atoms with van der Waals surface area (Å²) in [4.78, 5) is 4.04. The van der Waals surface area contributed by atoms with E-state index in [9.17, 15) is 0 Å². The van der Waals surface area contributed by atoms with Crippen LogP contribution in [0.4, 0.5) is 5.95 Å². The molecule has 0 fully saturated rings. The Bertz CT molecular complexity index is 299. The average Bonchev–Trinajstić information content (AvgIpc) is 2.36. The van der Waals surface area contributed by atoms with Crippen LogP contribution in [0.1, 0.15) is 13.8 Å². The Hall–Kier alpha value is -1.32. The van der Waals surface area contributed by atoms with Gasteiger partial charge in [-0.2, -0.15) is 10.1 Å². The predicted molar refractivity (Wildman–Crippen MR) is 43.1 cm³/mol. The monoisotopic (exact) mass is 150 g/mol. The fourth-order valence-corrected chi connectivity index (χ4v) is 1.06. The maximum Gasteiger partial charge on any atom is 0.225 e. The molecule has 4 nitrogen and oxygen atoms in total. The van der Waals surface area contributed by atoms with Gasteiger partial charge < -0.3 is 5.32 Å². The quantitative estimate of drug-likeness (QED) is 0.598. The number of nitrogens with zero attached hydrogens (tertiary/aromatic N) is 3. The third kappa shape index (κ3) is 0.906. The SMILES string of the molecule is CC1=Cn2ncnc2NC1C. The van der Waals surface area contributed by atoms with Crippen LogP contribution in [-0.2, 0) is 0 Å². The highest BCUT2D eigenvalue weighted by molar-refractivity contribution is 5.48. The molecule has 0 aromatic carbocycles. The molecule has 4 heteroatoms. The molecule has 11 heavy (non-hydrogen) atoms. The Morgan fingerprint density at radius 1 is 1.64 bits per heavy atom. The van der Waals surface area contributed by atoms with Gasteiger partial charge in [0.05, 0.1) is 0 Å². The normalized spacial score (nSPS) is 22.0. The number of anilines is 1. The Kier molecular flexibility index (Phi) is 1.21. The van der Waals surface area contributed by atoms with E-state index in [0.29, 0.717) is 6.04 Å². The molecule has 2 rings (SSSR count). The molecule has 1 atom stereocenters. The Morgan fingerprint density at radius 2 is 2.45 bits per heavy atom. The summed E-state index contributed by atoms with van der Waals surface area (Å²) in [5.74, 6) is 0.822. The van der Waals surface area contributed by atoms with Gasteiger partial charge in [0.15, 0.2) is 0 Å². The highest BCUT2D eigenvalue weighted by Crippen LogP contribution is 2.16. The van der Waals surface area contributed by atoms with Gasteiger partial charge in [0.25, 0.3) is 0 Å². The molecule has 2 heterocycles. The van der Waals surface area contributed by atoms with Gasteiger partial charge in [-0.25, -0.2) is 4.68 Å². The fourth-order valence-electron chi connectivity index (χ4n) is 1.06. The van der Waals surface area contributed by atoms with Crippen LogP contribution in [-0.4, -0.2) is 20.8 Å². The summed E-state index contributed by atoms with van der Waals surface area (Å²) in [7, 11) is 0. The number of fused-ring (bicyclic) bond motifs is 1. The van der Waals surface area contributed by atoms with E-state index in [0.717, 1.165) is 5.95 Å². The maximum absolute atomic E-state index is 4.04. The molecule has 1 aromatic rings. The van der Waals surface area contributed by atoms with E-state index in [1.54, 1.807) is 11.0 Å². The van der Waals surface area contributed by atoms with Gasteiger partial charge in [0.2, 0.25) is 5.95 Å². The van der Waals surface area contributed by atoms with Gasteiger partial charge in [0.1, 0.15) is 6.33 Å². The van der Waals surface area contributed by atoms with Crippen LogP contribution in [0.5, 0.6) is 0 Å². The summed E-state index contributed by atoms with van der Waals surface area (Å²) in [5.41, 5.74) is 1.27. The lowest BCUT2D eigenvalue weighted by Crippen LogP contribution is -2.23. The van der Waals surface area contributed by atoms with Crippen molar-refractivity contribution in [1.29, 1.82) is 0 Å². The molecule has 0 radical (unpaired) electrons. The first-order chi connectivity index (χ1) is 5.27. The van der Waals surface area contributed by atoms with Crippen LogP contribution in [0.2, 0.25) is 0 Å². The van der Waals surface area contributed by atoms with Crippen molar-refractivity contribution in [3.05, 3.63) is 11.9 Å². The predicted octanol–water partition coefficient (Wildman–Crippen LogP) is 0.953. The molecule has 58 valence electrons.